The van der Waals surface area contributed by atoms with Gasteiger partial charge in [-0.25, -0.2) is 4.79 Å². The zero-order valence-electron chi connectivity index (χ0n) is 10.00. The first-order valence-electron chi connectivity index (χ1n) is 6.37. The topological polar surface area (TPSA) is 78.4 Å². The molecule has 5 nitrogen and oxygen atoms in total. The summed E-state index contributed by atoms with van der Waals surface area (Å²) in [5.74, 6) is -0.141. The molecular weight excluding hydrogens is 220 g/mol. The Balaban J connectivity index is 1.74. The van der Waals surface area contributed by atoms with Gasteiger partial charge in [0.2, 0.25) is 0 Å². The Morgan fingerprint density at radius 1 is 1.18 bits per heavy atom. The lowest BCUT2D eigenvalue weighted by molar-refractivity contribution is -0.148. The summed E-state index contributed by atoms with van der Waals surface area (Å²) in [4.78, 5) is 22.7. The molecule has 2 rings (SSSR count). The molecule has 0 aromatic heterocycles. The Hall–Kier alpha value is -1.26. The number of hydrogen-bond donors (Lipinski definition) is 3. The van der Waals surface area contributed by atoms with E-state index in [0.29, 0.717) is 25.3 Å². The molecule has 17 heavy (non-hydrogen) atoms. The van der Waals surface area contributed by atoms with Gasteiger partial charge in [0.1, 0.15) is 0 Å². The molecule has 0 spiro atoms. The van der Waals surface area contributed by atoms with Crippen molar-refractivity contribution >= 4 is 12.0 Å². The van der Waals surface area contributed by atoms with E-state index in [9.17, 15) is 14.7 Å². The van der Waals surface area contributed by atoms with Gasteiger partial charge in [-0.2, -0.15) is 0 Å². The van der Waals surface area contributed by atoms with Crippen molar-refractivity contribution in [2.75, 3.05) is 13.1 Å². The van der Waals surface area contributed by atoms with E-state index in [1.54, 1.807) is 0 Å². The molecule has 96 valence electrons. The Kier molecular flexibility index (Phi) is 3.54. The van der Waals surface area contributed by atoms with E-state index >= 15 is 0 Å². The average molecular weight is 240 g/mol. The van der Waals surface area contributed by atoms with Gasteiger partial charge in [0.15, 0.2) is 0 Å². The molecular formula is C12H20N2O3. The molecule has 3 N–H and O–H groups in total. The summed E-state index contributed by atoms with van der Waals surface area (Å²) >= 11 is 0. The van der Waals surface area contributed by atoms with Crippen LogP contribution in [0.3, 0.4) is 0 Å². The third kappa shape index (κ3) is 3.11. The quantitative estimate of drug-likeness (QED) is 0.678. The maximum atomic E-state index is 11.5. The van der Waals surface area contributed by atoms with Crippen molar-refractivity contribution in [2.45, 2.75) is 38.5 Å². The molecule has 0 radical (unpaired) electrons. The summed E-state index contributed by atoms with van der Waals surface area (Å²) in [7, 11) is 0. The molecule has 2 amide bonds. The van der Waals surface area contributed by atoms with Gasteiger partial charge in [-0.3, -0.25) is 4.79 Å². The monoisotopic (exact) mass is 240 g/mol. The van der Waals surface area contributed by atoms with Crippen LogP contribution in [0.4, 0.5) is 4.79 Å². The first-order chi connectivity index (χ1) is 8.12. The summed E-state index contributed by atoms with van der Waals surface area (Å²) < 4.78 is 0. The number of rotatable bonds is 5. The molecule has 2 fully saturated rings. The molecule has 2 saturated carbocycles. The molecule has 5 heteroatoms. The fourth-order valence-electron chi connectivity index (χ4n) is 2.39. The molecule has 0 heterocycles. The largest absolute Gasteiger partial charge is 0.481 e. The van der Waals surface area contributed by atoms with Crippen molar-refractivity contribution < 1.29 is 14.7 Å². The molecule has 0 aromatic rings. The number of amides is 2. The lowest BCUT2D eigenvalue weighted by Crippen LogP contribution is -2.45. The van der Waals surface area contributed by atoms with Crippen LogP contribution in [-0.2, 0) is 4.79 Å². The van der Waals surface area contributed by atoms with Gasteiger partial charge in [-0.05, 0) is 31.6 Å². The number of nitrogens with one attached hydrogen (secondary N) is 2. The molecule has 0 aliphatic heterocycles. The number of urea groups is 1. The number of aliphatic carboxylic acids is 1. The first-order valence-corrected chi connectivity index (χ1v) is 6.37. The molecule has 2 aliphatic rings. The van der Waals surface area contributed by atoms with Crippen LogP contribution < -0.4 is 10.6 Å². The lowest BCUT2D eigenvalue weighted by atomic mass is 9.86. The van der Waals surface area contributed by atoms with Crippen molar-refractivity contribution in [1.29, 1.82) is 0 Å². The van der Waals surface area contributed by atoms with Crippen molar-refractivity contribution in [3.8, 4) is 0 Å². The zero-order valence-corrected chi connectivity index (χ0v) is 10.00. The van der Waals surface area contributed by atoms with E-state index in [4.69, 9.17) is 0 Å². The highest BCUT2D eigenvalue weighted by molar-refractivity contribution is 5.78. The van der Waals surface area contributed by atoms with Crippen LogP contribution in [0.25, 0.3) is 0 Å². The van der Waals surface area contributed by atoms with Crippen molar-refractivity contribution in [1.82, 2.24) is 10.6 Å². The van der Waals surface area contributed by atoms with E-state index in [1.165, 1.54) is 12.8 Å². The fraction of sp³-hybridized carbons (Fsp3) is 0.833. The van der Waals surface area contributed by atoms with Crippen LogP contribution in [0.5, 0.6) is 0 Å². The minimum atomic E-state index is -0.780. The van der Waals surface area contributed by atoms with Crippen molar-refractivity contribution in [3.63, 3.8) is 0 Å². The summed E-state index contributed by atoms with van der Waals surface area (Å²) in [5, 5.41) is 14.7. The van der Waals surface area contributed by atoms with Crippen LogP contribution in [0.1, 0.15) is 38.5 Å². The number of carboxylic acids is 1. The summed E-state index contributed by atoms with van der Waals surface area (Å²) in [6.45, 7) is 0.963. The van der Waals surface area contributed by atoms with Crippen molar-refractivity contribution in [3.05, 3.63) is 0 Å². The fourth-order valence-corrected chi connectivity index (χ4v) is 2.39. The number of carboxylic acid groups (broad SMARTS) is 1. The molecule has 0 bridgehead atoms. The first kappa shape index (κ1) is 12.2. The number of hydrogen-bond acceptors (Lipinski definition) is 2. The van der Waals surface area contributed by atoms with Gasteiger partial charge in [0.25, 0.3) is 0 Å². The van der Waals surface area contributed by atoms with E-state index in [1.807, 2.05) is 0 Å². The normalized spacial score (nSPS) is 22.1. The second kappa shape index (κ2) is 4.94. The van der Waals surface area contributed by atoms with E-state index in [0.717, 1.165) is 12.8 Å². The maximum absolute atomic E-state index is 11.5. The highest BCUT2D eigenvalue weighted by Crippen LogP contribution is 2.37. The predicted octanol–water partition coefficient (Wildman–Crippen LogP) is 1.34. The van der Waals surface area contributed by atoms with Crippen LogP contribution in [0, 0.1) is 11.3 Å². The minimum Gasteiger partial charge on any atom is -0.481 e. The van der Waals surface area contributed by atoms with E-state index < -0.39 is 11.4 Å². The third-order valence-corrected chi connectivity index (χ3v) is 3.85. The molecule has 0 unspecified atom stereocenters. The van der Waals surface area contributed by atoms with Gasteiger partial charge >= 0.3 is 12.0 Å². The van der Waals surface area contributed by atoms with Gasteiger partial charge < -0.3 is 15.7 Å². The smallest absolute Gasteiger partial charge is 0.314 e. The van der Waals surface area contributed by atoms with Crippen LogP contribution in [0.15, 0.2) is 0 Å². The van der Waals surface area contributed by atoms with E-state index in [-0.39, 0.29) is 12.6 Å². The molecule has 0 saturated heterocycles. The van der Waals surface area contributed by atoms with Gasteiger partial charge in [-0.1, -0.05) is 12.8 Å². The molecule has 2 aliphatic carbocycles. The summed E-state index contributed by atoms with van der Waals surface area (Å²) in [6, 6.07) is -0.232. The third-order valence-electron chi connectivity index (χ3n) is 3.85. The molecule has 0 aromatic carbocycles. The number of carbonyl (C=O) groups is 2. The highest BCUT2D eigenvalue weighted by atomic mass is 16.4. The van der Waals surface area contributed by atoms with Crippen LogP contribution >= 0.6 is 0 Å². The Labute approximate surface area is 101 Å². The zero-order chi connectivity index (χ0) is 12.3. The second-order valence-electron chi connectivity index (χ2n) is 5.30. The predicted molar refractivity (Wildman–Crippen MR) is 62.7 cm³/mol. The highest BCUT2D eigenvalue weighted by Gasteiger charge is 2.41. The van der Waals surface area contributed by atoms with Gasteiger partial charge in [0, 0.05) is 13.1 Å². The Morgan fingerprint density at radius 2 is 1.82 bits per heavy atom. The van der Waals surface area contributed by atoms with Crippen molar-refractivity contribution in [2.24, 2.45) is 11.3 Å². The summed E-state index contributed by atoms with van der Waals surface area (Å²) in [6.07, 6.45) is 5.62. The second-order valence-corrected chi connectivity index (χ2v) is 5.30. The maximum Gasteiger partial charge on any atom is 0.314 e. The number of carbonyl (C=O) groups excluding carboxylic acids is 1. The van der Waals surface area contributed by atoms with Crippen LogP contribution in [-0.4, -0.2) is 30.2 Å². The Morgan fingerprint density at radius 3 is 2.35 bits per heavy atom. The van der Waals surface area contributed by atoms with Gasteiger partial charge in [-0.15, -0.1) is 0 Å². The van der Waals surface area contributed by atoms with Gasteiger partial charge in [0.05, 0.1) is 5.41 Å². The minimum absolute atomic E-state index is 0.232. The standard InChI is InChI=1S/C12H20N2O3/c15-10(16)12(5-1-2-6-12)8-14-11(17)13-7-9-3-4-9/h9H,1-8H2,(H,15,16)(H2,13,14,17). The molecule has 0 atom stereocenters. The lowest BCUT2D eigenvalue weighted by Gasteiger charge is -2.24. The van der Waals surface area contributed by atoms with Crippen LogP contribution in [0.2, 0.25) is 0 Å². The SMILES string of the molecule is O=C(NCC1CC1)NCC1(C(=O)O)CCCC1. The van der Waals surface area contributed by atoms with E-state index in [2.05, 4.69) is 10.6 Å². The summed E-state index contributed by atoms with van der Waals surface area (Å²) in [5.41, 5.74) is -0.725. The Bertz CT molecular complexity index is 307. The average Bonchev–Trinajstić information content (AvgIpc) is 3.00.